The fourth-order valence-electron chi connectivity index (χ4n) is 3.61. The molecule has 1 N–H and O–H groups in total. The van der Waals surface area contributed by atoms with E-state index in [1.54, 1.807) is 6.07 Å². The van der Waals surface area contributed by atoms with Gasteiger partial charge < -0.3 is 5.32 Å². The van der Waals surface area contributed by atoms with Crippen molar-refractivity contribution in [1.29, 1.82) is 5.26 Å². The topological polar surface area (TPSA) is 35.8 Å². The van der Waals surface area contributed by atoms with E-state index < -0.39 is 11.7 Å². The Kier molecular flexibility index (Phi) is 2.56. The summed E-state index contributed by atoms with van der Waals surface area (Å²) in [5.74, 6) is 0.0989. The van der Waals surface area contributed by atoms with Crippen LogP contribution in [0, 0.1) is 11.3 Å². The Morgan fingerprint density at radius 3 is 2.64 bits per heavy atom. The summed E-state index contributed by atoms with van der Waals surface area (Å²) < 4.78 is 39.2. The van der Waals surface area contributed by atoms with E-state index in [2.05, 4.69) is 5.32 Å². The number of benzene rings is 2. The molecule has 2 aromatic carbocycles. The summed E-state index contributed by atoms with van der Waals surface area (Å²) in [4.78, 5) is 0. The molecule has 22 heavy (non-hydrogen) atoms. The van der Waals surface area contributed by atoms with E-state index in [1.165, 1.54) is 11.6 Å². The zero-order valence-corrected chi connectivity index (χ0v) is 11.4. The molecule has 0 radical (unpaired) electrons. The second-order valence-electron chi connectivity index (χ2n) is 5.73. The number of hydrogen-bond acceptors (Lipinski definition) is 2. The molecule has 1 aliphatic carbocycles. The Labute approximate surface area is 125 Å². The molecular formula is C17H11F3N2. The second-order valence-corrected chi connectivity index (χ2v) is 5.73. The standard InChI is InChI=1S/C17H11F3N2/c18-17(19,20)14-7-15-12(6-10(14)8-21)13-5-9-3-1-2-4-11(9)16(13)22-15/h1-4,6-7,13,16,22H,5H2/t13-,16-/m1/s1. The van der Waals surface area contributed by atoms with Gasteiger partial charge in [0.25, 0.3) is 0 Å². The Morgan fingerprint density at radius 2 is 1.91 bits per heavy atom. The summed E-state index contributed by atoms with van der Waals surface area (Å²) in [6.07, 6.45) is -3.73. The molecule has 2 aromatic rings. The van der Waals surface area contributed by atoms with Crippen LogP contribution in [0.25, 0.3) is 0 Å². The van der Waals surface area contributed by atoms with E-state index in [1.807, 2.05) is 24.3 Å². The third kappa shape index (κ3) is 1.73. The smallest absolute Gasteiger partial charge is 0.377 e. The van der Waals surface area contributed by atoms with Gasteiger partial charge in [0.2, 0.25) is 0 Å². The Bertz CT molecular complexity index is 818. The number of alkyl halides is 3. The van der Waals surface area contributed by atoms with E-state index in [9.17, 15) is 13.2 Å². The van der Waals surface area contributed by atoms with Gasteiger partial charge in [-0.2, -0.15) is 18.4 Å². The maximum atomic E-state index is 13.1. The van der Waals surface area contributed by atoms with Gasteiger partial charge in [-0.15, -0.1) is 0 Å². The summed E-state index contributed by atoms with van der Waals surface area (Å²) in [6, 6.07) is 12.1. The van der Waals surface area contributed by atoms with E-state index in [-0.39, 0.29) is 17.5 Å². The number of nitrogens with one attached hydrogen (secondary N) is 1. The fraction of sp³-hybridized carbons (Fsp3) is 0.235. The monoisotopic (exact) mass is 300 g/mol. The van der Waals surface area contributed by atoms with Crippen molar-refractivity contribution < 1.29 is 13.2 Å². The van der Waals surface area contributed by atoms with Crippen molar-refractivity contribution in [2.45, 2.75) is 24.6 Å². The van der Waals surface area contributed by atoms with Gasteiger partial charge in [0.15, 0.2) is 0 Å². The lowest BCUT2D eigenvalue weighted by molar-refractivity contribution is -0.137. The van der Waals surface area contributed by atoms with Gasteiger partial charge in [0.1, 0.15) is 0 Å². The third-order valence-corrected chi connectivity index (χ3v) is 4.56. The average Bonchev–Trinajstić information content (AvgIpc) is 3.00. The van der Waals surface area contributed by atoms with Crippen LogP contribution in [0.2, 0.25) is 0 Å². The van der Waals surface area contributed by atoms with E-state index in [0.717, 1.165) is 23.6 Å². The van der Waals surface area contributed by atoms with E-state index >= 15 is 0 Å². The highest BCUT2D eigenvalue weighted by atomic mass is 19.4. The molecule has 0 fully saturated rings. The molecule has 0 saturated carbocycles. The number of anilines is 1. The Balaban J connectivity index is 1.83. The lowest BCUT2D eigenvalue weighted by atomic mass is 9.93. The quantitative estimate of drug-likeness (QED) is 0.783. The lowest BCUT2D eigenvalue weighted by Gasteiger charge is -2.12. The number of rotatable bonds is 0. The number of nitriles is 1. The van der Waals surface area contributed by atoms with Crippen LogP contribution in [0.15, 0.2) is 36.4 Å². The lowest BCUT2D eigenvalue weighted by Crippen LogP contribution is -2.09. The van der Waals surface area contributed by atoms with E-state index in [4.69, 9.17) is 5.26 Å². The van der Waals surface area contributed by atoms with Crippen molar-refractivity contribution >= 4 is 5.69 Å². The normalized spacial score (nSPS) is 21.5. The molecule has 0 saturated heterocycles. The predicted octanol–water partition coefficient (Wildman–Crippen LogP) is 4.38. The van der Waals surface area contributed by atoms with Gasteiger partial charge in [0, 0.05) is 11.6 Å². The Hall–Kier alpha value is -2.48. The Morgan fingerprint density at radius 1 is 1.14 bits per heavy atom. The third-order valence-electron chi connectivity index (χ3n) is 4.56. The van der Waals surface area contributed by atoms with Crippen LogP contribution in [0.3, 0.4) is 0 Å². The molecule has 1 heterocycles. The highest BCUT2D eigenvalue weighted by molar-refractivity contribution is 5.68. The molecule has 110 valence electrons. The van der Waals surface area contributed by atoms with Crippen LogP contribution < -0.4 is 5.32 Å². The minimum Gasteiger partial charge on any atom is -0.377 e. The molecule has 0 amide bonds. The number of hydrogen-bond donors (Lipinski definition) is 1. The maximum Gasteiger partial charge on any atom is 0.417 e. The van der Waals surface area contributed by atoms with Gasteiger partial charge in [0.05, 0.1) is 23.2 Å². The van der Waals surface area contributed by atoms with Crippen molar-refractivity contribution in [3.63, 3.8) is 0 Å². The number of fused-ring (bicyclic) bond motifs is 5. The van der Waals surface area contributed by atoms with Crippen LogP contribution in [0.5, 0.6) is 0 Å². The van der Waals surface area contributed by atoms with Crippen molar-refractivity contribution in [1.82, 2.24) is 0 Å². The summed E-state index contributed by atoms with van der Waals surface area (Å²) in [7, 11) is 0. The number of nitrogens with zero attached hydrogens (tertiary/aromatic N) is 1. The fourth-order valence-corrected chi connectivity index (χ4v) is 3.61. The summed E-state index contributed by atoms with van der Waals surface area (Å²) >= 11 is 0. The average molecular weight is 300 g/mol. The van der Waals surface area contributed by atoms with Crippen LogP contribution in [0.1, 0.15) is 39.8 Å². The molecule has 2 aliphatic rings. The predicted molar refractivity (Wildman–Crippen MR) is 75.4 cm³/mol. The summed E-state index contributed by atoms with van der Waals surface area (Å²) in [6.45, 7) is 0. The minimum absolute atomic E-state index is 0.00114. The maximum absolute atomic E-state index is 13.1. The van der Waals surface area contributed by atoms with Crippen molar-refractivity contribution in [2.24, 2.45) is 0 Å². The molecule has 4 rings (SSSR count). The summed E-state index contributed by atoms with van der Waals surface area (Å²) in [5.41, 5.74) is 2.49. The van der Waals surface area contributed by atoms with Crippen LogP contribution in [-0.4, -0.2) is 0 Å². The summed E-state index contributed by atoms with van der Waals surface area (Å²) in [5, 5.41) is 12.3. The second kappa shape index (κ2) is 4.26. The molecule has 2 nitrogen and oxygen atoms in total. The first-order chi connectivity index (χ1) is 10.5. The van der Waals surface area contributed by atoms with Crippen molar-refractivity contribution in [3.8, 4) is 6.07 Å². The van der Waals surface area contributed by atoms with Crippen LogP contribution in [0.4, 0.5) is 18.9 Å². The van der Waals surface area contributed by atoms with Crippen molar-refractivity contribution in [2.75, 3.05) is 5.32 Å². The van der Waals surface area contributed by atoms with Crippen LogP contribution in [-0.2, 0) is 12.6 Å². The van der Waals surface area contributed by atoms with Gasteiger partial charge in [-0.3, -0.25) is 0 Å². The van der Waals surface area contributed by atoms with Gasteiger partial charge in [-0.05, 0) is 35.2 Å². The molecule has 0 unspecified atom stereocenters. The first-order valence-corrected chi connectivity index (χ1v) is 6.98. The SMILES string of the molecule is N#Cc1cc2c(cc1C(F)(F)F)N[C@@H]1c3ccccc3C[C@H]21. The zero-order chi connectivity index (χ0) is 15.5. The molecule has 1 aliphatic heterocycles. The van der Waals surface area contributed by atoms with Gasteiger partial charge in [-0.1, -0.05) is 24.3 Å². The van der Waals surface area contributed by atoms with Gasteiger partial charge in [-0.25, -0.2) is 0 Å². The first-order valence-electron chi connectivity index (χ1n) is 6.98. The van der Waals surface area contributed by atoms with Crippen LogP contribution >= 0.6 is 0 Å². The molecule has 2 atom stereocenters. The zero-order valence-electron chi connectivity index (χ0n) is 11.4. The number of halogens is 3. The molecule has 0 spiro atoms. The molecule has 0 bridgehead atoms. The molecular weight excluding hydrogens is 289 g/mol. The highest BCUT2D eigenvalue weighted by Gasteiger charge is 2.42. The minimum atomic E-state index is -4.52. The largest absolute Gasteiger partial charge is 0.417 e. The van der Waals surface area contributed by atoms with Gasteiger partial charge >= 0.3 is 6.18 Å². The van der Waals surface area contributed by atoms with E-state index in [0.29, 0.717) is 5.69 Å². The molecule has 0 aromatic heterocycles. The highest BCUT2D eigenvalue weighted by Crippen LogP contribution is 2.52. The molecule has 5 heteroatoms. The first kappa shape index (κ1) is 13.2. The van der Waals surface area contributed by atoms with Crippen molar-refractivity contribution in [3.05, 3.63) is 64.2 Å².